The number of amides is 1. The maximum absolute atomic E-state index is 11.8. The Labute approximate surface area is 110 Å². The van der Waals surface area contributed by atoms with Crippen molar-refractivity contribution in [3.8, 4) is 0 Å². The van der Waals surface area contributed by atoms with E-state index in [1.54, 1.807) is 6.07 Å². The van der Waals surface area contributed by atoms with Crippen molar-refractivity contribution >= 4 is 33.3 Å². The lowest BCUT2D eigenvalue weighted by atomic mass is 10.2. The molecule has 0 aromatic carbocycles. The van der Waals surface area contributed by atoms with Crippen LogP contribution in [-0.2, 0) is 14.6 Å². The van der Waals surface area contributed by atoms with Crippen LogP contribution in [0.4, 0.5) is 5.95 Å². The van der Waals surface area contributed by atoms with E-state index in [9.17, 15) is 13.2 Å². The number of nitrogens with zero attached hydrogens (tertiary/aromatic N) is 3. The minimum absolute atomic E-state index is 0.0616. The fraction of sp³-hybridized carbons (Fsp3) is 0.500. The molecule has 0 unspecified atom stereocenters. The van der Waals surface area contributed by atoms with Crippen LogP contribution < -0.4 is 4.90 Å². The van der Waals surface area contributed by atoms with E-state index in [1.807, 2.05) is 0 Å². The Morgan fingerprint density at radius 2 is 2.11 bits per heavy atom. The SMILES string of the molecule is O=C(CCl)N(c1ncccn1)[C@H]1CCS(=O)(=O)C1. The Balaban J connectivity index is 2.30. The predicted octanol–water partition coefficient (Wildman–Crippen LogP) is 0.236. The van der Waals surface area contributed by atoms with E-state index in [0.717, 1.165) is 0 Å². The topological polar surface area (TPSA) is 80.2 Å². The molecule has 1 aromatic heterocycles. The van der Waals surface area contributed by atoms with E-state index in [4.69, 9.17) is 11.6 Å². The van der Waals surface area contributed by atoms with Gasteiger partial charge in [0.1, 0.15) is 5.88 Å². The van der Waals surface area contributed by atoms with Crippen molar-refractivity contribution in [2.24, 2.45) is 0 Å². The molecule has 1 amide bonds. The van der Waals surface area contributed by atoms with Gasteiger partial charge in [-0.2, -0.15) is 0 Å². The number of carbonyl (C=O) groups is 1. The normalized spacial score (nSPS) is 21.7. The van der Waals surface area contributed by atoms with E-state index in [2.05, 4.69) is 9.97 Å². The van der Waals surface area contributed by atoms with E-state index in [1.165, 1.54) is 17.3 Å². The summed E-state index contributed by atoms with van der Waals surface area (Å²) in [6.45, 7) is 0. The molecule has 18 heavy (non-hydrogen) atoms. The van der Waals surface area contributed by atoms with Crippen LogP contribution in [0, 0.1) is 0 Å². The summed E-state index contributed by atoms with van der Waals surface area (Å²) >= 11 is 5.55. The molecule has 6 nitrogen and oxygen atoms in total. The summed E-state index contributed by atoms with van der Waals surface area (Å²) in [5.74, 6) is -0.394. The highest BCUT2D eigenvalue weighted by molar-refractivity contribution is 7.91. The minimum Gasteiger partial charge on any atom is -0.275 e. The van der Waals surface area contributed by atoms with Gasteiger partial charge in [-0.1, -0.05) is 0 Å². The van der Waals surface area contributed by atoms with Crippen LogP contribution in [0.1, 0.15) is 6.42 Å². The zero-order valence-electron chi connectivity index (χ0n) is 9.49. The third-order valence-corrected chi connectivity index (χ3v) is 4.70. The average molecular weight is 290 g/mol. The Kier molecular flexibility index (Phi) is 3.82. The molecule has 1 aromatic rings. The second kappa shape index (κ2) is 5.19. The number of carbonyl (C=O) groups excluding carboxylic acids is 1. The Bertz CT molecular complexity index is 535. The van der Waals surface area contributed by atoms with Crippen LogP contribution in [0.25, 0.3) is 0 Å². The average Bonchev–Trinajstić information content (AvgIpc) is 2.71. The Hall–Kier alpha value is -1.21. The third kappa shape index (κ3) is 2.78. The number of sulfone groups is 1. The lowest BCUT2D eigenvalue weighted by Gasteiger charge is -2.25. The molecule has 0 N–H and O–H groups in total. The molecule has 1 fully saturated rings. The lowest BCUT2D eigenvalue weighted by Crippen LogP contribution is -2.43. The van der Waals surface area contributed by atoms with E-state index < -0.39 is 15.9 Å². The first-order valence-corrected chi connectivity index (χ1v) is 7.74. The molecule has 1 aliphatic heterocycles. The van der Waals surface area contributed by atoms with Crippen molar-refractivity contribution in [1.82, 2.24) is 9.97 Å². The van der Waals surface area contributed by atoms with Gasteiger partial charge < -0.3 is 0 Å². The zero-order valence-corrected chi connectivity index (χ0v) is 11.1. The molecule has 1 aliphatic rings. The largest absolute Gasteiger partial charge is 0.275 e. The number of halogens is 1. The molecule has 0 bridgehead atoms. The Morgan fingerprint density at radius 3 is 2.61 bits per heavy atom. The number of hydrogen-bond donors (Lipinski definition) is 0. The number of anilines is 1. The van der Waals surface area contributed by atoms with Gasteiger partial charge in [0.15, 0.2) is 9.84 Å². The molecule has 0 radical (unpaired) electrons. The van der Waals surface area contributed by atoms with Gasteiger partial charge in [0, 0.05) is 12.4 Å². The molecular weight excluding hydrogens is 278 g/mol. The van der Waals surface area contributed by atoms with Crippen LogP contribution in [-0.4, -0.2) is 47.7 Å². The first kappa shape index (κ1) is 13.2. The van der Waals surface area contributed by atoms with Crippen molar-refractivity contribution < 1.29 is 13.2 Å². The van der Waals surface area contributed by atoms with Crippen LogP contribution in [0.3, 0.4) is 0 Å². The minimum atomic E-state index is -3.08. The van der Waals surface area contributed by atoms with Crippen molar-refractivity contribution in [1.29, 1.82) is 0 Å². The second-order valence-electron chi connectivity index (χ2n) is 4.00. The fourth-order valence-corrected chi connectivity index (χ4v) is 3.77. The maximum Gasteiger partial charge on any atom is 0.244 e. The van der Waals surface area contributed by atoms with E-state index in [0.29, 0.717) is 6.42 Å². The molecule has 98 valence electrons. The lowest BCUT2D eigenvalue weighted by molar-refractivity contribution is -0.116. The van der Waals surface area contributed by atoms with Crippen molar-refractivity contribution in [2.45, 2.75) is 12.5 Å². The second-order valence-corrected chi connectivity index (χ2v) is 6.50. The zero-order chi connectivity index (χ0) is 13.2. The van der Waals surface area contributed by atoms with Crippen LogP contribution in [0.15, 0.2) is 18.5 Å². The summed E-state index contributed by atoms with van der Waals surface area (Å²) in [5.41, 5.74) is 0. The van der Waals surface area contributed by atoms with Gasteiger partial charge in [-0.25, -0.2) is 18.4 Å². The highest BCUT2D eigenvalue weighted by Crippen LogP contribution is 2.21. The van der Waals surface area contributed by atoms with Gasteiger partial charge in [-0.15, -0.1) is 11.6 Å². The first-order chi connectivity index (χ1) is 8.53. The standard InChI is InChI=1S/C10H12ClN3O3S/c11-6-9(15)14(10-12-3-1-4-13-10)8-2-5-18(16,17)7-8/h1,3-4,8H,2,5-7H2/t8-/m0/s1. The molecule has 8 heteroatoms. The van der Waals surface area contributed by atoms with Gasteiger partial charge in [-0.3, -0.25) is 9.69 Å². The molecule has 2 heterocycles. The van der Waals surface area contributed by atoms with E-state index in [-0.39, 0.29) is 29.2 Å². The maximum atomic E-state index is 11.8. The van der Waals surface area contributed by atoms with Gasteiger partial charge in [0.25, 0.3) is 0 Å². The van der Waals surface area contributed by atoms with Crippen LogP contribution in [0.5, 0.6) is 0 Å². The Morgan fingerprint density at radius 1 is 1.44 bits per heavy atom. The van der Waals surface area contributed by atoms with Gasteiger partial charge >= 0.3 is 0 Å². The summed E-state index contributed by atoms with van der Waals surface area (Å²) in [4.78, 5) is 21.1. The summed E-state index contributed by atoms with van der Waals surface area (Å²) in [7, 11) is -3.08. The third-order valence-electron chi connectivity index (χ3n) is 2.72. The van der Waals surface area contributed by atoms with Gasteiger partial charge in [0.05, 0.1) is 17.5 Å². The molecule has 0 aliphatic carbocycles. The molecular formula is C10H12ClN3O3S. The van der Waals surface area contributed by atoms with Gasteiger partial charge in [-0.05, 0) is 12.5 Å². The molecule has 0 saturated carbocycles. The molecule has 2 rings (SSSR count). The highest BCUT2D eigenvalue weighted by atomic mass is 35.5. The van der Waals surface area contributed by atoms with Crippen molar-refractivity contribution in [3.63, 3.8) is 0 Å². The predicted molar refractivity (Wildman–Crippen MR) is 67.3 cm³/mol. The van der Waals surface area contributed by atoms with E-state index >= 15 is 0 Å². The molecule has 1 atom stereocenters. The summed E-state index contributed by atoms with van der Waals surface area (Å²) in [6.07, 6.45) is 3.39. The molecule has 0 spiro atoms. The fourth-order valence-electron chi connectivity index (χ4n) is 1.94. The van der Waals surface area contributed by atoms with Crippen LogP contribution in [0.2, 0.25) is 0 Å². The van der Waals surface area contributed by atoms with Gasteiger partial charge in [0.2, 0.25) is 11.9 Å². The number of alkyl halides is 1. The summed E-state index contributed by atoms with van der Waals surface area (Å²) < 4.78 is 23.0. The number of rotatable bonds is 3. The smallest absolute Gasteiger partial charge is 0.244 e. The summed E-state index contributed by atoms with van der Waals surface area (Å²) in [6, 6.07) is 1.20. The quantitative estimate of drug-likeness (QED) is 0.745. The number of aromatic nitrogens is 2. The highest BCUT2D eigenvalue weighted by Gasteiger charge is 2.36. The first-order valence-electron chi connectivity index (χ1n) is 5.39. The monoisotopic (exact) mass is 289 g/mol. The number of hydrogen-bond acceptors (Lipinski definition) is 5. The summed E-state index contributed by atoms with van der Waals surface area (Å²) in [5, 5.41) is 0. The van der Waals surface area contributed by atoms with Crippen molar-refractivity contribution in [2.75, 3.05) is 22.3 Å². The van der Waals surface area contributed by atoms with Crippen LogP contribution >= 0.6 is 11.6 Å². The molecule has 1 saturated heterocycles. The van der Waals surface area contributed by atoms with Crippen molar-refractivity contribution in [3.05, 3.63) is 18.5 Å².